The normalized spacial score (nSPS) is 13.3. The zero-order valence-electron chi connectivity index (χ0n) is 14.6. The van der Waals surface area contributed by atoms with E-state index in [1.54, 1.807) is 48.5 Å². The van der Waals surface area contributed by atoms with Crippen LogP contribution >= 0.6 is 0 Å². The Kier molecular flexibility index (Phi) is 5.31. The van der Waals surface area contributed by atoms with Gasteiger partial charge in [0, 0.05) is 42.5 Å². The smallest absolute Gasteiger partial charge is 0.255 e. The van der Waals surface area contributed by atoms with Crippen molar-refractivity contribution in [3.8, 4) is 0 Å². The molecule has 0 radical (unpaired) electrons. The first kappa shape index (κ1) is 17.7. The van der Waals surface area contributed by atoms with Crippen LogP contribution in [0.15, 0.2) is 48.5 Å². The fraction of sp³-hybridized carbons (Fsp3) is 0.250. The third-order valence-electron chi connectivity index (χ3n) is 4.23. The number of nitrogens with zero attached hydrogens (tertiary/aromatic N) is 1. The third kappa shape index (κ3) is 4.27. The van der Waals surface area contributed by atoms with Crippen molar-refractivity contribution in [3.05, 3.63) is 59.7 Å². The largest absolute Gasteiger partial charge is 0.339 e. The Balaban J connectivity index is 1.66. The minimum absolute atomic E-state index is 0.0309. The molecule has 0 aromatic heterocycles. The summed E-state index contributed by atoms with van der Waals surface area (Å²) in [6.07, 6.45) is 2.11. The van der Waals surface area contributed by atoms with Crippen molar-refractivity contribution in [2.75, 3.05) is 23.7 Å². The van der Waals surface area contributed by atoms with Gasteiger partial charge in [0.05, 0.1) is 0 Å². The number of nitrogens with one attached hydrogen (secondary N) is 2. The number of rotatable bonds is 4. The Labute approximate surface area is 152 Å². The van der Waals surface area contributed by atoms with Crippen LogP contribution in [0.25, 0.3) is 0 Å². The zero-order chi connectivity index (χ0) is 18.5. The number of hydrogen-bond donors (Lipinski definition) is 2. The predicted octanol–water partition coefficient (Wildman–Crippen LogP) is 3.13. The van der Waals surface area contributed by atoms with Gasteiger partial charge >= 0.3 is 0 Å². The van der Waals surface area contributed by atoms with Crippen LogP contribution in [0.4, 0.5) is 11.4 Å². The molecule has 1 saturated heterocycles. The van der Waals surface area contributed by atoms with Crippen LogP contribution in [0.1, 0.15) is 40.5 Å². The molecular formula is C20H21N3O3. The van der Waals surface area contributed by atoms with E-state index < -0.39 is 0 Å². The maximum atomic E-state index is 12.4. The van der Waals surface area contributed by atoms with Gasteiger partial charge in [0.25, 0.3) is 11.8 Å². The van der Waals surface area contributed by atoms with Crippen LogP contribution in [-0.2, 0) is 4.79 Å². The van der Waals surface area contributed by atoms with Gasteiger partial charge in [0.1, 0.15) is 0 Å². The summed E-state index contributed by atoms with van der Waals surface area (Å²) in [5, 5.41) is 5.45. The Morgan fingerprint density at radius 1 is 0.846 bits per heavy atom. The van der Waals surface area contributed by atoms with E-state index in [9.17, 15) is 14.4 Å². The summed E-state index contributed by atoms with van der Waals surface area (Å²) >= 11 is 0. The molecule has 1 fully saturated rings. The molecule has 0 unspecified atom stereocenters. The first-order valence-electron chi connectivity index (χ1n) is 8.61. The highest BCUT2D eigenvalue weighted by Gasteiger charge is 2.19. The Morgan fingerprint density at radius 2 is 1.54 bits per heavy atom. The van der Waals surface area contributed by atoms with Crippen LogP contribution in [0.3, 0.4) is 0 Å². The SMILES string of the molecule is CC(=O)Nc1cccc(C(=O)Nc2ccc(C(=O)N3CCCC3)cc2)c1. The quantitative estimate of drug-likeness (QED) is 0.888. The van der Waals surface area contributed by atoms with Crippen LogP contribution < -0.4 is 10.6 Å². The monoisotopic (exact) mass is 351 g/mol. The van der Waals surface area contributed by atoms with Gasteiger partial charge < -0.3 is 15.5 Å². The highest BCUT2D eigenvalue weighted by Crippen LogP contribution is 2.17. The molecule has 2 aromatic rings. The number of anilines is 2. The Bertz CT molecular complexity index is 824. The molecule has 0 aliphatic carbocycles. The molecular weight excluding hydrogens is 330 g/mol. The average Bonchev–Trinajstić information content (AvgIpc) is 3.16. The standard InChI is InChI=1S/C20H21N3O3/c1-14(24)21-18-6-4-5-16(13-18)19(25)22-17-9-7-15(8-10-17)20(26)23-11-2-3-12-23/h4-10,13H,2-3,11-12H2,1H3,(H,21,24)(H,22,25). The zero-order valence-corrected chi connectivity index (χ0v) is 14.6. The Morgan fingerprint density at radius 3 is 2.19 bits per heavy atom. The van der Waals surface area contributed by atoms with Crippen LogP contribution in [0, 0.1) is 0 Å². The van der Waals surface area contributed by atoms with Gasteiger partial charge in [0.2, 0.25) is 5.91 Å². The van der Waals surface area contributed by atoms with Crippen molar-refractivity contribution in [3.63, 3.8) is 0 Å². The minimum atomic E-state index is -0.282. The van der Waals surface area contributed by atoms with Gasteiger partial charge in [0.15, 0.2) is 0 Å². The molecule has 2 N–H and O–H groups in total. The number of carbonyl (C=O) groups is 3. The lowest BCUT2D eigenvalue weighted by molar-refractivity contribution is -0.114. The van der Waals surface area contributed by atoms with Gasteiger partial charge in [-0.2, -0.15) is 0 Å². The highest BCUT2D eigenvalue weighted by molar-refractivity contribution is 6.05. The number of benzene rings is 2. The molecule has 1 heterocycles. The van der Waals surface area contributed by atoms with Gasteiger partial charge in [-0.1, -0.05) is 6.07 Å². The van der Waals surface area contributed by atoms with E-state index in [-0.39, 0.29) is 17.7 Å². The fourth-order valence-corrected chi connectivity index (χ4v) is 2.94. The lowest BCUT2D eigenvalue weighted by Crippen LogP contribution is -2.27. The fourth-order valence-electron chi connectivity index (χ4n) is 2.94. The first-order valence-corrected chi connectivity index (χ1v) is 8.61. The minimum Gasteiger partial charge on any atom is -0.339 e. The third-order valence-corrected chi connectivity index (χ3v) is 4.23. The van der Waals surface area contributed by atoms with Crippen molar-refractivity contribution >= 4 is 29.1 Å². The van der Waals surface area contributed by atoms with Crippen molar-refractivity contribution in [2.45, 2.75) is 19.8 Å². The van der Waals surface area contributed by atoms with Crippen LogP contribution in [-0.4, -0.2) is 35.7 Å². The predicted molar refractivity (Wildman–Crippen MR) is 100 cm³/mol. The molecule has 134 valence electrons. The van der Waals surface area contributed by atoms with Gasteiger partial charge in [-0.25, -0.2) is 0 Å². The van der Waals surface area contributed by atoms with Crippen LogP contribution in [0.2, 0.25) is 0 Å². The molecule has 0 bridgehead atoms. The molecule has 2 aromatic carbocycles. The number of carbonyl (C=O) groups excluding carboxylic acids is 3. The van der Waals surface area contributed by atoms with Gasteiger partial charge in [-0.05, 0) is 55.3 Å². The molecule has 0 saturated carbocycles. The lowest BCUT2D eigenvalue weighted by atomic mass is 10.1. The highest BCUT2D eigenvalue weighted by atomic mass is 16.2. The van der Waals surface area contributed by atoms with Crippen molar-refractivity contribution in [2.24, 2.45) is 0 Å². The van der Waals surface area contributed by atoms with Crippen molar-refractivity contribution in [1.29, 1.82) is 0 Å². The Hall–Kier alpha value is -3.15. The first-order chi connectivity index (χ1) is 12.5. The van der Waals surface area contributed by atoms with E-state index in [1.807, 2.05) is 4.90 Å². The number of hydrogen-bond acceptors (Lipinski definition) is 3. The molecule has 1 aliphatic heterocycles. The molecule has 6 heteroatoms. The van der Waals surface area contributed by atoms with E-state index >= 15 is 0 Å². The summed E-state index contributed by atoms with van der Waals surface area (Å²) in [6.45, 7) is 3.03. The summed E-state index contributed by atoms with van der Waals surface area (Å²) < 4.78 is 0. The van der Waals surface area contributed by atoms with E-state index in [4.69, 9.17) is 0 Å². The second kappa shape index (κ2) is 7.82. The molecule has 1 aliphatic rings. The van der Waals surface area contributed by atoms with Gasteiger partial charge in [-0.15, -0.1) is 0 Å². The molecule has 6 nitrogen and oxygen atoms in total. The number of amides is 3. The molecule has 26 heavy (non-hydrogen) atoms. The summed E-state index contributed by atoms with van der Waals surface area (Å²) in [7, 11) is 0. The second-order valence-electron chi connectivity index (χ2n) is 6.29. The van der Waals surface area contributed by atoms with Crippen LogP contribution in [0.5, 0.6) is 0 Å². The molecule has 3 rings (SSSR count). The summed E-state index contributed by atoms with van der Waals surface area (Å²) in [6, 6.07) is 13.6. The number of likely N-dealkylation sites (tertiary alicyclic amines) is 1. The van der Waals surface area contributed by atoms with E-state index in [0.717, 1.165) is 25.9 Å². The van der Waals surface area contributed by atoms with Crippen molar-refractivity contribution in [1.82, 2.24) is 4.90 Å². The summed E-state index contributed by atoms with van der Waals surface area (Å²) in [5.74, 6) is -0.444. The maximum absolute atomic E-state index is 12.4. The van der Waals surface area contributed by atoms with Crippen molar-refractivity contribution < 1.29 is 14.4 Å². The topological polar surface area (TPSA) is 78.5 Å². The maximum Gasteiger partial charge on any atom is 0.255 e. The molecule has 0 atom stereocenters. The average molecular weight is 351 g/mol. The van der Waals surface area contributed by atoms with Gasteiger partial charge in [-0.3, -0.25) is 14.4 Å². The summed E-state index contributed by atoms with van der Waals surface area (Å²) in [5.41, 5.74) is 2.24. The summed E-state index contributed by atoms with van der Waals surface area (Å²) in [4.78, 5) is 37.7. The molecule has 3 amide bonds. The second-order valence-corrected chi connectivity index (χ2v) is 6.29. The molecule has 0 spiro atoms. The lowest BCUT2D eigenvalue weighted by Gasteiger charge is -2.15. The van der Waals surface area contributed by atoms with E-state index in [0.29, 0.717) is 22.5 Å². The van der Waals surface area contributed by atoms with E-state index in [2.05, 4.69) is 10.6 Å². The van der Waals surface area contributed by atoms with E-state index in [1.165, 1.54) is 6.92 Å².